The molecular formula is C19H22N4O2. The van der Waals surface area contributed by atoms with Crippen LogP contribution in [0.5, 0.6) is 0 Å². The van der Waals surface area contributed by atoms with Crippen LogP contribution in [0.25, 0.3) is 0 Å². The molecule has 4 rings (SSSR count). The van der Waals surface area contributed by atoms with Gasteiger partial charge in [-0.05, 0) is 30.3 Å². The van der Waals surface area contributed by atoms with Crippen LogP contribution in [0.1, 0.15) is 13.3 Å². The average molecular weight is 338 g/mol. The fraction of sp³-hybridized carbons (Fsp3) is 0.316. The number of amides is 1. The summed E-state index contributed by atoms with van der Waals surface area (Å²) in [5, 5.41) is 5.34. The number of fused-ring (bicyclic) bond motifs is 2. The normalized spacial score (nSPS) is 15.9. The SMILES string of the molecule is CCC(=O)NN1c2ccccc2Nc2ccc(N3CCOCC3)cc21. The molecule has 6 nitrogen and oxygen atoms in total. The Morgan fingerprint density at radius 3 is 2.68 bits per heavy atom. The number of nitrogens with one attached hydrogen (secondary N) is 2. The van der Waals surface area contributed by atoms with Crippen LogP contribution in [0.3, 0.4) is 0 Å². The lowest BCUT2D eigenvalue weighted by atomic mass is 10.1. The average Bonchev–Trinajstić information content (AvgIpc) is 2.68. The molecule has 0 atom stereocenters. The molecule has 6 heteroatoms. The van der Waals surface area contributed by atoms with Crippen LogP contribution >= 0.6 is 0 Å². The number of rotatable bonds is 3. The fourth-order valence-electron chi connectivity index (χ4n) is 3.20. The minimum atomic E-state index is -0.0144. The number of morpholine rings is 1. The maximum Gasteiger partial charge on any atom is 0.238 e. The summed E-state index contributed by atoms with van der Waals surface area (Å²) in [6.07, 6.45) is 0.435. The first-order valence-corrected chi connectivity index (χ1v) is 8.68. The topological polar surface area (TPSA) is 56.8 Å². The highest BCUT2D eigenvalue weighted by atomic mass is 16.5. The highest BCUT2D eigenvalue weighted by Crippen LogP contribution is 2.43. The van der Waals surface area contributed by atoms with E-state index >= 15 is 0 Å². The quantitative estimate of drug-likeness (QED) is 0.900. The molecule has 2 aromatic rings. The Hall–Kier alpha value is -2.73. The van der Waals surface area contributed by atoms with Crippen LogP contribution in [0.4, 0.5) is 28.4 Å². The highest BCUT2D eigenvalue weighted by molar-refractivity contribution is 5.95. The van der Waals surface area contributed by atoms with Gasteiger partial charge in [0.25, 0.3) is 0 Å². The number of nitrogens with zero attached hydrogens (tertiary/aromatic N) is 2. The van der Waals surface area contributed by atoms with Gasteiger partial charge in [-0.3, -0.25) is 10.2 Å². The summed E-state index contributed by atoms with van der Waals surface area (Å²) < 4.78 is 5.45. The number of hydrogen-bond acceptors (Lipinski definition) is 5. The molecular weight excluding hydrogens is 316 g/mol. The third-order valence-corrected chi connectivity index (χ3v) is 4.57. The Bertz CT molecular complexity index is 787. The van der Waals surface area contributed by atoms with Gasteiger partial charge in [0, 0.05) is 25.2 Å². The number of hydrazine groups is 1. The molecule has 0 aliphatic carbocycles. The van der Waals surface area contributed by atoms with Crippen molar-refractivity contribution in [3.8, 4) is 0 Å². The summed E-state index contributed by atoms with van der Waals surface area (Å²) in [5.74, 6) is -0.0144. The van der Waals surface area contributed by atoms with Crippen molar-refractivity contribution in [2.75, 3.05) is 41.5 Å². The molecule has 0 unspecified atom stereocenters. The van der Waals surface area contributed by atoms with E-state index in [1.807, 2.05) is 36.2 Å². The van der Waals surface area contributed by atoms with Crippen molar-refractivity contribution in [2.24, 2.45) is 0 Å². The number of hydrogen-bond donors (Lipinski definition) is 2. The molecule has 2 aromatic carbocycles. The van der Waals surface area contributed by atoms with Gasteiger partial charge in [0.05, 0.1) is 36.0 Å². The molecule has 0 radical (unpaired) electrons. The molecule has 1 amide bonds. The van der Waals surface area contributed by atoms with Gasteiger partial charge in [0.1, 0.15) is 0 Å². The predicted octanol–water partition coefficient (Wildman–Crippen LogP) is 3.16. The molecule has 1 fully saturated rings. The molecule has 0 aromatic heterocycles. The maximum atomic E-state index is 12.1. The number of ether oxygens (including phenoxy) is 1. The van der Waals surface area contributed by atoms with Gasteiger partial charge in [-0.2, -0.15) is 0 Å². The van der Waals surface area contributed by atoms with Crippen molar-refractivity contribution in [3.63, 3.8) is 0 Å². The molecule has 25 heavy (non-hydrogen) atoms. The van der Waals surface area contributed by atoms with Crippen LogP contribution in [-0.4, -0.2) is 32.2 Å². The molecule has 2 N–H and O–H groups in total. The minimum Gasteiger partial charge on any atom is -0.378 e. The summed E-state index contributed by atoms with van der Waals surface area (Å²) in [6.45, 7) is 5.10. The van der Waals surface area contributed by atoms with E-state index in [2.05, 4.69) is 33.8 Å². The Balaban J connectivity index is 1.74. The third kappa shape index (κ3) is 3.00. The van der Waals surface area contributed by atoms with Crippen LogP contribution in [0.15, 0.2) is 42.5 Å². The largest absolute Gasteiger partial charge is 0.378 e. The van der Waals surface area contributed by atoms with E-state index in [-0.39, 0.29) is 5.91 Å². The van der Waals surface area contributed by atoms with Crippen LogP contribution in [0, 0.1) is 0 Å². The van der Waals surface area contributed by atoms with Crippen LogP contribution in [0.2, 0.25) is 0 Å². The molecule has 2 heterocycles. The van der Waals surface area contributed by atoms with Crippen molar-refractivity contribution >= 4 is 34.3 Å². The van der Waals surface area contributed by atoms with Crippen molar-refractivity contribution in [1.82, 2.24) is 5.43 Å². The van der Waals surface area contributed by atoms with E-state index in [9.17, 15) is 4.79 Å². The second-order valence-corrected chi connectivity index (χ2v) is 6.17. The monoisotopic (exact) mass is 338 g/mol. The molecule has 2 aliphatic rings. The van der Waals surface area contributed by atoms with Gasteiger partial charge in [-0.25, -0.2) is 5.01 Å². The number of benzene rings is 2. The van der Waals surface area contributed by atoms with Crippen molar-refractivity contribution in [2.45, 2.75) is 13.3 Å². The maximum absolute atomic E-state index is 12.1. The van der Waals surface area contributed by atoms with Gasteiger partial charge in [-0.1, -0.05) is 19.1 Å². The lowest BCUT2D eigenvalue weighted by molar-refractivity contribution is -0.120. The van der Waals surface area contributed by atoms with Crippen LogP contribution in [-0.2, 0) is 9.53 Å². The summed E-state index contributed by atoms with van der Waals surface area (Å²) in [6, 6.07) is 14.3. The van der Waals surface area contributed by atoms with E-state index < -0.39 is 0 Å². The van der Waals surface area contributed by atoms with E-state index in [4.69, 9.17) is 4.74 Å². The number of anilines is 5. The molecule has 0 bridgehead atoms. The van der Waals surface area contributed by atoms with Gasteiger partial charge >= 0.3 is 0 Å². The van der Waals surface area contributed by atoms with E-state index in [0.717, 1.165) is 54.7 Å². The summed E-state index contributed by atoms with van der Waals surface area (Å²) in [4.78, 5) is 14.4. The minimum absolute atomic E-state index is 0.0144. The zero-order valence-electron chi connectivity index (χ0n) is 14.3. The van der Waals surface area contributed by atoms with Gasteiger partial charge in [0.2, 0.25) is 5.91 Å². The lowest BCUT2D eigenvalue weighted by Gasteiger charge is -2.35. The van der Waals surface area contributed by atoms with Gasteiger partial charge in [0.15, 0.2) is 0 Å². The van der Waals surface area contributed by atoms with Gasteiger partial charge in [-0.15, -0.1) is 0 Å². The Morgan fingerprint density at radius 1 is 1.12 bits per heavy atom. The zero-order chi connectivity index (χ0) is 17.2. The highest BCUT2D eigenvalue weighted by Gasteiger charge is 2.25. The predicted molar refractivity (Wildman–Crippen MR) is 99.8 cm³/mol. The van der Waals surface area contributed by atoms with Crippen LogP contribution < -0.4 is 20.7 Å². The Kier molecular flexibility index (Phi) is 4.19. The Labute approximate surface area is 147 Å². The van der Waals surface area contributed by atoms with E-state index in [0.29, 0.717) is 6.42 Å². The molecule has 1 saturated heterocycles. The molecule has 0 spiro atoms. The van der Waals surface area contributed by atoms with E-state index in [1.54, 1.807) is 0 Å². The third-order valence-electron chi connectivity index (χ3n) is 4.57. The number of carbonyl (C=O) groups is 1. The molecule has 2 aliphatic heterocycles. The van der Waals surface area contributed by atoms with Crippen molar-refractivity contribution < 1.29 is 9.53 Å². The van der Waals surface area contributed by atoms with Gasteiger partial charge < -0.3 is 15.0 Å². The first-order valence-electron chi connectivity index (χ1n) is 8.68. The standard InChI is InChI=1S/C19H22N4O2/c1-2-19(24)21-23-17-6-4-3-5-15(17)20-16-8-7-14(13-18(16)23)22-9-11-25-12-10-22/h3-8,13,20H,2,9-12H2,1H3,(H,21,24). The van der Waals surface area contributed by atoms with Crippen molar-refractivity contribution in [3.05, 3.63) is 42.5 Å². The first-order chi connectivity index (χ1) is 12.3. The van der Waals surface area contributed by atoms with E-state index in [1.165, 1.54) is 0 Å². The summed E-state index contributed by atoms with van der Waals surface area (Å²) >= 11 is 0. The molecule has 0 saturated carbocycles. The summed E-state index contributed by atoms with van der Waals surface area (Å²) in [5.41, 5.74) is 8.01. The first kappa shape index (κ1) is 15.8. The molecule has 130 valence electrons. The second kappa shape index (κ2) is 6.64. The number of carbonyl (C=O) groups excluding carboxylic acids is 1. The Morgan fingerprint density at radius 2 is 1.88 bits per heavy atom. The van der Waals surface area contributed by atoms with Crippen molar-refractivity contribution in [1.29, 1.82) is 0 Å². The smallest absolute Gasteiger partial charge is 0.238 e. The summed E-state index contributed by atoms with van der Waals surface area (Å²) in [7, 11) is 0. The fourth-order valence-corrected chi connectivity index (χ4v) is 3.20. The second-order valence-electron chi connectivity index (χ2n) is 6.17. The lowest BCUT2D eigenvalue weighted by Crippen LogP contribution is -2.41. The number of para-hydroxylation sites is 2. The zero-order valence-corrected chi connectivity index (χ0v) is 14.3.